The highest BCUT2D eigenvalue weighted by atomic mass is 35.5. The Balaban J connectivity index is 1.30. The van der Waals surface area contributed by atoms with Gasteiger partial charge < -0.3 is 9.42 Å². The molecule has 0 aliphatic carbocycles. The molecule has 1 aliphatic rings. The van der Waals surface area contributed by atoms with Crippen LogP contribution >= 0.6 is 11.6 Å². The van der Waals surface area contributed by atoms with E-state index in [0.29, 0.717) is 22.3 Å². The first-order valence-electron chi connectivity index (χ1n) is 9.67. The summed E-state index contributed by atoms with van der Waals surface area (Å²) in [4.78, 5) is 33.1. The highest BCUT2D eigenvalue weighted by molar-refractivity contribution is 6.30. The molecule has 1 aromatic heterocycles. The van der Waals surface area contributed by atoms with Crippen LogP contribution in [-0.2, 0) is 11.3 Å². The standard InChI is InChI=1S/C23H17ClN4O3/c1-27(12-19-25-22(26-31-19)15-8-10-16(24)11-9-15)20(29)13-28-18-7-3-5-14-4-2-6-17(21(14)18)23(28)30/h2-11H,12-13H2,1H3. The van der Waals surface area contributed by atoms with Crippen LogP contribution in [0.4, 0.5) is 5.69 Å². The highest BCUT2D eigenvalue weighted by Gasteiger charge is 2.31. The lowest BCUT2D eigenvalue weighted by Crippen LogP contribution is -2.39. The molecule has 0 spiro atoms. The van der Waals surface area contributed by atoms with Gasteiger partial charge in [0.15, 0.2) is 0 Å². The third-order valence-corrected chi connectivity index (χ3v) is 5.56. The minimum Gasteiger partial charge on any atom is -0.337 e. The minimum absolute atomic E-state index is 0.0681. The second-order valence-electron chi connectivity index (χ2n) is 7.34. The maximum atomic E-state index is 12.9. The monoisotopic (exact) mass is 432 g/mol. The van der Waals surface area contributed by atoms with E-state index in [1.165, 1.54) is 9.80 Å². The molecular weight excluding hydrogens is 416 g/mol. The third kappa shape index (κ3) is 3.43. The summed E-state index contributed by atoms with van der Waals surface area (Å²) in [6.45, 7) is 0.0694. The molecule has 0 fully saturated rings. The molecule has 4 aromatic rings. The number of halogens is 1. The molecule has 3 aromatic carbocycles. The van der Waals surface area contributed by atoms with Gasteiger partial charge in [-0.25, -0.2) is 0 Å². The van der Waals surface area contributed by atoms with Crippen molar-refractivity contribution in [1.82, 2.24) is 15.0 Å². The second-order valence-corrected chi connectivity index (χ2v) is 7.78. The first-order chi connectivity index (χ1) is 15.0. The summed E-state index contributed by atoms with van der Waals surface area (Å²) in [6, 6.07) is 18.4. The quantitative estimate of drug-likeness (QED) is 0.473. The van der Waals surface area contributed by atoms with Gasteiger partial charge in [-0.2, -0.15) is 4.98 Å². The van der Waals surface area contributed by atoms with E-state index in [1.807, 2.05) is 30.3 Å². The molecule has 5 rings (SSSR count). The fourth-order valence-electron chi connectivity index (χ4n) is 3.72. The summed E-state index contributed by atoms with van der Waals surface area (Å²) in [5.41, 5.74) is 2.14. The Kier molecular flexibility index (Phi) is 4.67. The van der Waals surface area contributed by atoms with Gasteiger partial charge >= 0.3 is 0 Å². The van der Waals surface area contributed by atoms with E-state index in [4.69, 9.17) is 16.1 Å². The zero-order valence-corrected chi connectivity index (χ0v) is 17.3. The van der Waals surface area contributed by atoms with Gasteiger partial charge in [0.25, 0.3) is 5.91 Å². The first kappa shape index (κ1) is 19.3. The number of carbonyl (C=O) groups is 2. The van der Waals surface area contributed by atoms with Crippen LogP contribution in [0.3, 0.4) is 0 Å². The third-order valence-electron chi connectivity index (χ3n) is 5.31. The Morgan fingerprint density at radius 2 is 1.84 bits per heavy atom. The van der Waals surface area contributed by atoms with Crippen molar-refractivity contribution in [3.05, 3.63) is 77.1 Å². The van der Waals surface area contributed by atoms with Crippen LogP contribution in [0.1, 0.15) is 16.2 Å². The molecular formula is C23H17ClN4O3. The average Bonchev–Trinajstić information content (AvgIpc) is 3.34. The van der Waals surface area contributed by atoms with Crippen molar-refractivity contribution in [1.29, 1.82) is 0 Å². The van der Waals surface area contributed by atoms with Crippen LogP contribution in [-0.4, -0.2) is 40.4 Å². The zero-order valence-electron chi connectivity index (χ0n) is 16.6. The number of hydrogen-bond donors (Lipinski definition) is 0. The number of likely N-dealkylation sites (N-methyl/N-ethyl adjacent to an activating group) is 1. The number of hydrogen-bond acceptors (Lipinski definition) is 5. The number of carbonyl (C=O) groups excluding carboxylic acids is 2. The molecule has 0 atom stereocenters. The van der Waals surface area contributed by atoms with Crippen molar-refractivity contribution >= 4 is 39.9 Å². The van der Waals surface area contributed by atoms with E-state index in [1.54, 1.807) is 37.4 Å². The molecule has 1 aliphatic heterocycles. The van der Waals surface area contributed by atoms with Crippen LogP contribution in [0.25, 0.3) is 22.2 Å². The fourth-order valence-corrected chi connectivity index (χ4v) is 3.84. The number of amides is 2. The average molecular weight is 433 g/mol. The molecule has 0 bridgehead atoms. The summed E-state index contributed by atoms with van der Waals surface area (Å²) in [6.07, 6.45) is 0. The number of nitrogens with zero attached hydrogens (tertiary/aromatic N) is 4. The van der Waals surface area contributed by atoms with E-state index in [9.17, 15) is 9.59 Å². The van der Waals surface area contributed by atoms with E-state index in [2.05, 4.69) is 10.1 Å². The zero-order chi connectivity index (χ0) is 21.5. The van der Waals surface area contributed by atoms with Crippen molar-refractivity contribution < 1.29 is 14.1 Å². The molecule has 0 unspecified atom stereocenters. The Morgan fingerprint density at radius 1 is 1.10 bits per heavy atom. The molecule has 154 valence electrons. The lowest BCUT2D eigenvalue weighted by molar-refractivity contribution is -0.129. The second kappa shape index (κ2) is 7.52. The number of rotatable bonds is 5. The summed E-state index contributed by atoms with van der Waals surface area (Å²) in [5.74, 6) is 0.323. The van der Waals surface area contributed by atoms with Gasteiger partial charge in [-0.15, -0.1) is 0 Å². The summed E-state index contributed by atoms with van der Waals surface area (Å²) in [5, 5.41) is 6.45. The fraction of sp³-hybridized carbons (Fsp3) is 0.130. The molecule has 2 amide bonds. The SMILES string of the molecule is CN(Cc1nc(-c2ccc(Cl)cc2)no1)C(=O)CN1C(=O)c2cccc3cccc1c23. The van der Waals surface area contributed by atoms with Gasteiger partial charge in [0, 0.05) is 28.6 Å². The van der Waals surface area contributed by atoms with Crippen LogP contribution < -0.4 is 4.90 Å². The number of aromatic nitrogens is 2. The normalized spacial score (nSPS) is 12.6. The molecule has 8 heteroatoms. The van der Waals surface area contributed by atoms with Crippen molar-refractivity contribution in [3.63, 3.8) is 0 Å². The lowest BCUT2D eigenvalue weighted by atomic mass is 10.1. The summed E-state index contributed by atoms with van der Waals surface area (Å²) >= 11 is 5.91. The van der Waals surface area contributed by atoms with Crippen molar-refractivity contribution in [2.24, 2.45) is 0 Å². The van der Waals surface area contributed by atoms with Crippen LogP contribution in [0.5, 0.6) is 0 Å². The van der Waals surface area contributed by atoms with Crippen LogP contribution in [0.2, 0.25) is 5.02 Å². The molecule has 7 nitrogen and oxygen atoms in total. The predicted molar refractivity (Wildman–Crippen MR) is 117 cm³/mol. The van der Waals surface area contributed by atoms with Gasteiger partial charge in [-0.3, -0.25) is 14.5 Å². The predicted octanol–water partition coefficient (Wildman–Crippen LogP) is 4.16. The number of anilines is 1. The van der Waals surface area contributed by atoms with Gasteiger partial charge in [0.05, 0.1) is 12.2 Å². The van der Waals surface area contributed by atoms with E-state index < -0.39 is 0 Å². The molecule has 0 saturated carbocycles. The maximum absolute atomic E-state index is 12.9. The van der Waals surface area contributed by atoms with E-state index >= 15 is 0 Å². The Labute approximate surface area is 182 Å². The minimum atomic E-state index is -0.232. The van der Waals surface area contributed by atoms with Gasteiger partial charge in [0.1, 0.15) is 6.54 Å². The molecule has 2 heterocycles. The van der Waals surface area contributed by atoms with Gasteiger partial charge in [-0.1, -0.05) is 41.0 Å². The Hall–Kier alpha value is -3.71. The van der Waals surface area contributed by atoms with Gasteiger partial charge in [0.2, 0.25) is 17.6 Å². The first-order valence-corrected chi connectivity index (χ1v) is 10.0. The van der Waals surface area contributed by atoms with E-state index in [-0.39, 0.29) is 24.9 Å². The largest absolute Gasteiger partial charge is 0.337 e. The number of benzene rings is 3. The Bertz CT molecular complexity index is 1310. The van der Waals surface area contributed by atoms with E-state index in [0.717, 1.165) is 22.0 Å². The van der Waals surface area contributed by atoms with Crippen LogP contribution in [0, 0.1) is 0 Å². The lowest BCUT2D eigenvalue weighted by Gasteiger charge is -2.21. The van der Waals surface area contributed by atoms with Crippen molar-refractivity contribution in [3.8, 4) is 11.4 Å². The topological polar surface area (TPSA) is 79.5 Å². The van der Waals surface area contributed by atoms with Crippen molar-refractivity contribution in [2.75, 3.05) is 18.5 Å². The van der Waals surface area contributed by atoms with Gasteiger partial charge in [-0.05, 0) is 41.8 Å². The van der Waals surface area contributed by atoms with Crippen molar-refractivity contribution in [2.45, 2.75) is 6.54 Å². The molecule has 0 radical (unpaired) electrons. The van der Waals surface area contributed by atoms with Crippen LogP contribution in [0.15, 0.2) is 65.2 Å². The maximum Gasteiger partial charge on any atom is 0.259 e. The highest BCUT2D eigenvalue weighted by Crippen LogP contribution is 2.37. The summed E-state index contributed by atoms with van der Waals surface area (Å²) in [7, 11) is 1.64. The Morgan fingerprint density at radius 3 is 2.61 bits per heavy atom. The molecule has 0 N–H and O–H groups in total. The molecule has 0 saturated heterocycles. The smallest absolute Gasteiger partial charge is 0.259 e. The molecule has 31 heavy (non-hydrogen) atoms. The summed E-state index contributed by atoms with van der Waals surface area (Å²) < 4.78 is 5.29.